The highest BCUT2D eigenvalue weighted by atomic mass is 35.5. The van der Waals surface area contributed by atoms with E-state index in [1.54, 1.807) is 25.1 Å². The van der Waals surface area contributed by atoms with Crippen LogP contribution < -0.4 is 22.3 Å². The summed E-state index contributed by atoms with van der Waals surface area (Å²) in [6, 6.07) is 5.11. The van der Waals surface area contributed by atoms with Gasteiger partial charge in [-0.2, -0.15) is 0 Å². The SMILES string of the molecule is CCn1c(=O)[nH]c2cc(C(=O)NC3CCC(N)CC3)ccc2c1=O.Cl. The molecule has 7 nitrogen and oxygen atoms in total. The van der Waals surface area contributed by atoms with Gasteiger partial charge in [0.25, 0.3) is 11.5 Å². The van der Waals surface area contributed by atoms with Crippen molar-refractivity contribution in [1.82, 2.24) is 14.9 Å². The number of aromatic amines is 1. The normalized spacial score (nSPS) is 20.1. The van der Waals surface area contributed by atoms with Crippen molar-refractivity contribution in [3.05, 3.63) is 44.6 Å². The maximum atomic E-state index is 12.4. The fourth-order valence-corrected chi connectivity index (χ4v) is 3.22. The Morgan fingerprint density at radius 2 is 1.96 bits per heavy atom. The Balaban J connectivity index is 0.00000225. The van der Waals surface area contributed by atoms with Gasteiger partial charge in [0.05, 0.1) is 10.9 Å². The van der Waals surface area contributed by atoms with E-state index < -0.39 is 5.69 Å². The minimum atomic E-state index is -0.464. The number of aromatic nitrogens is 2. The van der Waals surface area contributed by atoms with Gasteiger partial charge in [0.2, 0.25) is 0 Å². The molecule has 1 aromatic carbocycles. The minimum absolute atomic E-state index is 0. The zero-order chi connectivity index (χ0) is 17.3. The largest absolute Gasteiger partial charge is 0.349 e. The highest BCUT2D eigenvalue weighted by Crippen LogP contribution is 2.18. The first-order valence-corrected chi connectivity index (χ1v) is 8.33. The van der Waals surface area contributed by atoms with Crippen LogP contribution in [0.3, 0.4) is 0 Å². The van der Waals surface area contributed by atoms with E-state index in [0.29, 0.717) is 23.0 Å². The second kappa shape index (κ2) is 7.84. The average molecular weight is 367 g/mol. The summed E-state index contributed by atoms with van der Waals surface area (Å²) >= 11 is 0. The summed E-state index contributed by atoms with van der Waals surface area (Å²) in [6.45, 7) is 2.04. The second-order valence-electron chi connectivity index (χ2n) is 6.33. The molecule has 0 unspecified atom stereocenters. The Kier molecular flexibility index (Phi) is 6.02. The zero-order valence-corrected chi connectivity index (χ0v) is 14.9. The van der Waals surface area contributed by atoms with Gasteiger partial charge in [-0.25, -0.2) is 4.79 Å². The van der Waals surface area contributed by atoms with E-state index >= 15 is 0 Å². The van der Waals surface area contributed by atoms with Crippen molar-refractivity contribution in [3.8, 4) is 0 Å². The third kappa shape index (κ3) is 3.93. The smallest absolute Gasteiger partial charge is 0.328 e. The number of rotatable bonds is 3. The van der Waals surface area contributed by atoms with Gasteiger partial charge in [-0.05, 0) is 50.8 Å². The summed E-state index contributed by atoms with van der Waals surface area (Å²) in [4.78, 5) is 39.2. The number of nitrogens with one attached hydrogen (secondary N) is 2. The molecule has 1 saturated carbocycles. The van der Waals surface area contributed by atoms with Gasteiger partial charge in [0.1, 0.15) is 0 Å². The van der Waals surface area contributed by atoms with Crippen LogP contribution >= 0.6 is 12.4 Å². The van der Waals surface area contributed by atoms with Crippen LogP contribution in [0.2, 0.25) is 0 Å². The van der Waals surface area contributed by atoms with Crippen LogP contribution in [0.4, 0.5) is 0 Å². The molecule has 25 heavy (non-hydrogen) atoms. The van der Waals surface area contributed by atoms with Crippen molar-refractivity contribution >= 4 is 29.2 Å². The molecule has 2 aromatic rings. The summed E-state index contributed by atoms with van der Waals surface area (Å²) < 4.78 is 1.13. The number of amides is 1. The zero-order valence-electron chi connectivity index (χ0n) is 14.1. The molecule has 1 aliphatic carbocycles. The highest BCUT2D eigenvalue weighted by molar-refractivity contribution is 5.97. The van der Waals surface area contributed by atoms with Crippen molar-refractivity contribution < 1.29 is 4.79 Å². The average Bonchev–Trinajstić information content (AvgIpc) is 2.56. The number of halogens is 1. The Morgan fingerprint density at radius 3 is 2.60 bits per heavy atom. The summed E-state index contributed by atoms with van der Waals surface area (Å²) in [6.07, 6.45) is 3.57. The topological polar surface area (TPSA) is 110 Å². The van der Waals surface area contributed by atoms with Crippen molar-refractivity contribution in [1.29, 1.82) is 0 Å². The number of hydrogen-bond acceptors (Lipinski definition) is 4. The molecule has 1 aliphatic rings. The molecule has 0 spiro atoms. The summed E-state index contributed by atoms with van der Waals surface area (Å²) in [5.74, 6) is -0.196. The number of nitrogens with two attached hydrogens (primary N) is 1. The Bertz CT molecular complexity index is 882. The molecule has 8 heteroatoms. The predicted molar refractivity (Wildman–Crippen MR) is 99.4 cm³/mol. The van der Waals surface area contributed by atoms with E-state index in [4.69, 9.17) is 5.73 Å². The van der Waals surface area contributed by atoms with Crippen LogP contribution in [0.25, 0.3) is 10.9 Å². The molecule has 0 aliphatic heterocycles. The van der Waals surface area contributed by atoms with E-state index in [0.717, 1.165) is 30.3 Å². The third-order valence-corrected chi connectivity index (χ3v) is 4.67. The predicted octanol–water partition coefficient (Wildman–Crippen LogP) is 1.13. The highest BCUT2D eigenvalue weighted by Gasteiger charge is 2.20. The van der Waals surface area contributed by atoms with Crippen molar-refractivity contribution in [2.45, 2.75) is 51.2 Å². The van der Waals surface area contributed by atoms with Gasteiger partial charge in [0, 0.05) is 24.2 Å². The summed E-state index contributed by atoms with van der Waals surface area (Å²) in [5.41, 5.74) is 5.88. The van der Waals surface area contributed by atoms with Gasteiger partial charge in [-0.1, -0.05) is 0 Å². The molecule has 1 fully saturated rings. The molecule has 136 valence electrons. The molecule has 0 saturated heterocycles. The summed E-state index contributed by atoms with van der Waals surface area (Å²) in [5, 5.41) is 3.40. The van der Waals surface area contributed by atoms with Gasteiger partial charge >= 0.3 is 5.69 Å². The third-order valence-electron chi connectivity index (χ3n) is 4.67. The number of hydrogen-bond donors (Lipinski definition) is 3. The van der Waals surface area contributed by atoms with Crippen LogP contribution in [0.1, 0.15) is 43.0 Å². The first-order chi connectivity index (χ1) is 11.5. The lowest BCUT2D eigenvalue weighted by Crippen LogP contribution is -2.40. The molecule has 1 heterocycles. The molecule has 1 aromatic heterocycles. The van der Waals surface area contributed by atoms with E-state index in [9.17, 15) is 14.4 Å². The molecule has 0 radical (unpaired) electrons. The van der Waals surface area contributed by atoms with E-state index in [1.165, 1.54) is 0 Å². The molecule has 0 bridgehead atoms. The molecule has 0 atom stereocenters. The lowest BCUT2D eigenvalue weighted by molar-refractivity contribution is 0.0926. The number of fused-ring (bicyclic) bond motifs is 1. The Labute approximate surface area is 151 Å². The van der Waals surface area contributed by atoms with Gasteiger partial charge in [-0.3, -0.25) is 14.2 Å². The molecular weight excluding hydrogens is 344 g/mol. The lowest BCUT2D eigenvalue weighted by Gasteiger charge is -2.26. The van der Waals surface area contributed by atoms with Crippen molar-refractivity contribution in [2.75, 3.05) is 0 Å². The van der Waals surface area contributed by atoms with E-state index in [-0.39, 0.29) is 36.0 Å². The molecular formula is C17H23ClN4O3. The van der Waals surface area contributed by atoms with Gasteiger partial charge in [0.15, 0.2) is 0 Å². The fraction of sp³-hybridized carbons (Fsp3) is 0.471. The number of carbonyl (C=O) groups excluding carboxylic acids is 1. The van der Waals surface area contributed by atoms with Crippen molar-refractivity contribution in [3.63, 3.8) is 0 Å². The van der Waals surface area contributed by atoms with Gasteiger partial charge in [-0.15, -0.1) is 12.4 Å². The number of H-pyrrole nitrogens is 1. The number of benzene rings is 1. The van der Waals surface area contributed by atoms with E-state index in [1.807, 2.05) is 0 Å². The molecule has 1 amide bonds. The maximum Gasteiger partial charge on any atom is 0.328 e. The summed E-state index contributed by atoms with van der Waals surface area (Å²) in [7, 11) is 0. The monoisotopic (exact) mass is 366 g/mol. The standard InChI is InChI=1S/C17H22N4O3.ClH/c1-2-21-16(23)13-8-3-10(9-14(13)20-17(21)24)15(22)19-12-6-4-11(18)5-7-12;/h3,8-9,11-12H,2,4-7,18H2,1H3,(H,19,22)(H,20,24);1H. The minimum Gasteiger partial charge on any atom is -0.349 e. The Morgan fingerprint density at radius 1 is 1.28 bits per heavy atom. The van der Waals surface area contributed by atoms with Crippen LogP contribution in [0.5, 0.6) is 0 Å². The van der Waals surface area contributed by atoms with E-state index in [2.05, 4.69) is 10.3 Å². The lowest BCUT2D eigenvalue weighted by atomic mass is 9.91. The quantitative estimate of drug-likeness (QED) is 0.756. The number of nitrogens with zero attached hydrogens (tertiary/aromatic N) is 1. The van der Waals surface area contributed by atoms with Crippen LogP contribution in [-0.2, 0) is 6.54 Å². The maximum absolute atomic E-state index is 12.4. The van der Waals surface area contributed by atoms with Crippen LogP contribution in [0.15, 0.2) is 27.8 Å². The van der Waals surface area contributed by atoms with Crippen LogP contribution in [0, 0.1) is 0 Å². The molecule has 4 N–H and O–H groups in total. The number of carbonyl (C=O) groups is 1. The fourth-order valence-electron chi connectivity index (χ4n) is 3.22. The van der Waals surface area contributed by atoms with Crippen molar-refractivity contribution in [2.24, 2.45) is 5.73 Å². The first kappa shape index (κ1) is 19.2. The molecule has 3 rings (SSSR count). The first-order valence-electron chi connectivity index (χ1n) is 8.33. The Hall–Kier alpha value is -2.12. The van der Waals surface area contributed by atoms with Gasteiger partial charge < -0.3 is 16.0 Å². The van der Waals surface area contributed by atoms with Crippen LogP contribution in [-0.4, -0.2) is 27.5 Å². The second-order valence-corrected chi connectivity index (χ2v) is 6.33.